The molecule has 2 aliphatic rings. The lowest BCUT2D eigenvalue weighted by atomic mass is 9.79. The molecule has 0 radical (unpaired) electrons. The zero-order chi connectivity index (χ0) is 26.5. The Morgan fingerprint density at radius 2 is 1.71 bits per heavy atom. The smallest absolute Gasteiger partial charge is 0.254 e. The van der Waals surface area contributed by atoms with Crippen LogP contribution >= 0.6 is 0 Å². The van der Waals surface area contributed by atoms with Crippen molar-refractivity contribution in [3.63, 3.8) is 0 Å². The molecule has 2 amide bonds. The summed E-state index contributed by atoms with van der Waals surface area (Å²) >= 11 is 0. The molecule has 1 N–H and O–H groups in total. The van der Waals surface area contributed by atoms with Crippen molar-refractivity contribution in [2.75, 3.05) is 46.4 Å². The topological polar surface area (TPSA) is 66.8 Å². The number of methoxy groups -OCH3 is 1. The molecular formula is C31H40N4O3. The normalized spacial score (nSPS) is 20.4. The third-order valence-corrected chi connectivity index (χ3v) is 8.15. The van der Waals surface area contributed by atoms with Crippen LogP contribution < -0.4 is 5.32 Å². The Bertz CT molecular complexity index is 1260. The highest BCUT2D eigenvalue weighted by atomic mass is 16.5. The second-order valence-electron chi connectivity index (χ2n) is 10.6. The number of hydrogen-bond acceptors (Lipinski definition) is 4. The molecule has 1 saturated heterocycles. The number of fused-ring (bicyclic) bond motifs is 2. The van der Waals surface area contributed by atoms with Crippen LogP contribution in [0.2, 0.25) is 0 Å². The number of nitrogens with zero attached hydrogens (tertiary/aromatic N) is 3. The van der Waals surface area contributed by atoms with Gasteiger partial charge in [-0.05, 0) is 56.6 Å². The van der Waals surface area contributed by atoms with Gasteiger partial charge in [0.15, 0.2) is 0 Å². The van der Waals surface area contributed by atoms with Gasteiger partial charge in [0.2, 0.25) is 5.91 Å². The number of amides is 2. The van der Waals surface area contributed by atoms with Gasteiger partial charge in [-0.1, -0.05) is 49.2 Å². The van der Waals surface area contributed by atoms with Crippen molar-refractivity contribution in [1.82, 2.24) is 19.7 Å². The van der Waals surface area contributed by atoms with Crippen LogP contribution in [-0.4, -0.2) is 72.6 Å². The van der Waals surface area contributed by atoms with Crippen LogP contribution in [0.25, 0.3) is 10.9 Å². The fraction of sp³-hybridized carbons (Fsp3) is 0.484. The summed E-state index contributed by atoms with van der Waals surface area (Å²) in [6.07, 6.45) is 8.18. The summed E-state index contributed by atoms with van der Waals surface area (Å²) in [5.74, 6) is -0.591. The quantitative estimate of drug-likeness (QED) is 0.426. The molecule has 3 heterocycles. The Labute approximate surface area is 225 Å². The number of rotatable bonds is 9. The zero-order valence-electron chi connectivity index (χ0n) is 22.7. The maximum absolute atomic E-state index is 14.0. The van der Waals surface area contributed by atoms with E-state index in [1.165, 1.54) is 25.7 Å². The lowest BCUT2D eigenvalue weighted by Crippen LogP contribution is -2.48. The molecule has 1 fully saturated rings. The molecule has 2 aromatic carbocycles. The van der Waals surface area contributed by atoms with E-state index in [0.29, 0.717) is 25.3 Å². The first kappa shape index (κ1) is 26.4. The summed E-state index contributed by atoms with van der Waals surface area (Å²) in [6, 6.07) is 15.4. The van der Waals surface area contributed by atoms with E-state index in [-0.39, 0.29) is 11.8 Å². The van der Waals surface area contributed by atoms with Gasteiger partial charge in [-0.15, -0.1) is 0 Å². The van der Waals surface area contributed by atoms with Crippen LogP contribution in [0.1, 0.15) is 65.5 Å². The summed E-state index contributed by atoms with van der Waals surface area (Å²) in [5.41, 5.74) is 3.47. The first-order valence-corrected chi connectivity index (χ1v) is 14.0. The van der Waals surface area contributed by atoms with Gasteiger partial charge < -0.3 is 24.4 Å². The van der Waals surface area contributed by atoms with Gasteiger partial charge in [0.1, 0.15) is 0 Å². The van der Waals surface area contributed by atoms with Crippen molar-refractivity contribution in [1.29, 1.82) is 0 Å². The molecule has 5 rings (SSSR count). The number of benzene rings is 2. The summed E-state index contributed by atoms with van der Waals surface area (Å²) in [4.78, 5) is 32.2. The van der Waals surface area contributed by atoms with Crippen LogP contribution in [0.5, 0.6) is 0 Å². The monoisotopic (exact) mass is 516 g/mol. The number of nitrogens with one attached hydrogen (secondary N) is 1. The molecular weight excluding hydrogens is 476 g/mol. The highest BCUT2D eigenvalue weighted by Crippen LogP contribution is 2.45. The summed E-state index contributed by atoms with van der Waals surface area (Å²) in [7, 11) is 3.66. The Kier molecular flexibility index (Phi) is 8.45. The standard InChI is InChI=1S/C31H40N4O3/c1-33-22-26(23-12-7-8-15-27(23)33)29-28(30(36)32-16-11-19-34-17-9-3-4-10-18-34)24-13-5-6-14-25(24)31(37)35(29)20-21-38-2/h5-8,12-15,22,28-29H,3-4,9-11,16-21H2,1-2H3,(H,32,36)/t28-,29-/m1/s1. The molecule has 1 aromatic heterocycles. The van der Waals surface area contributed by atoms with Crippen molar-refractivity contribution < 1.29 is 14.3 Å². The maximum Gasteiger partial charge on any atom is 0.254 e. The van der Waals surface area contributed by atoms with Crippen molar-refractivity contribution in [2.24, 2.45) is 7.05 Å². The van der Waals surface area contributed by atoms with E-state index < -0.39 is 12.0 Å². The number of aromatic nitrogens is 1. The zero-order valence-corrected chi connectivity index (χ0v) is 22.7. The van der Waals surface area contributed by atoms with E-state index in [1.807, 2.05) is 48.3 Å². The van der Waals surface area contributed by atoms with Gasteiger partial charge in [0, 0.05) is 55.5 Å². The SMILES string of the molecule is COCCN1C(=O)c2ccccc2[C@@H](C(=O)NCCCN2CCCCCC2)[C@H]1c1cn(C)c2ccccc12. The average Bonchev–Trinajstić information content (AvgIpc) is 3.08. The molecule has 7 nitrogen and oxygen atoms in total. The van der Waals surface area contributed by atoms with Crippen molar-refractivity contribution >= 4 is 22.7 Å². The van der Waals surface area contributed by atoms with Crippen molar-refractivity contribution in [3.8, 4) is 0 Å². The molecule has 0 unspecified atom stereocenters. The third-order valence-electron chi connectivity index (χ3n) is 8.15. The molecule has 0 aliphatic carbocycles. The largest absolute Gasteiger partial charge is 0.383 e. The van der Waals surface area contributed by atoms with Crippen molar-refractivity contribution in [2.45, 2.75) is 44.1 Å². The summed E-state index contributed by atoms with van der Waals surface area (Å²) < 4.78 is 7.48. The first-order valence-electron chi connectivity index (χ1n) is 14.0. The number of likely N-dealkylation sites (tertiary alicyclic amines) is 1. The Balaban J connectivity index is 1.46. The lowest BCUT2D eigenvalue weighted by molar-refractivity contribution is -0.124. The molecule has 38 heavy (non-hydrogen) atoms. The summed E-state index contributed by atoms with van der Waals surface area (Å²) in [6.45, 7) is 4.76. The van der Waals surface area contributed by atoms with Crippen LogP contribution in [-0.2, 0) is 16.6 Å². The van der Waals surface area contributed by atoms with Gasteiger partial charge in [-0.2, -0.15) is 0 Å². The minimum Gasteiger partial charge on any atom is -0.383 e. The van der Waals surface area contributed by atoms with Gasteiger partial charge in [0.05, 0.1) is 18.6 Å². The Morgan fingerprint density at radius 3 is 2.50 bits per heavy atom. The third kappa shape index (κ3) is 5.36. The lowest BCUT2D eigenvalue weighted by Gasteiger charge is -2.41. The minimum atomic E-state index is -0.509. The van der Waals surface area contributed by atoms with Gasteiger partial charge in [-0.3, -0.25) is 9.59 Å². The van der Waals surface area contributed by atoms with E-state index in [0.717, 1.165) is 48.1 Å². The van der Waals surface area contributed by atoms with E-state index in [2.05, 4.69) is 33.1 Å². The highest BCUT2D eigenvalue weighted by molar-refractivity contribution is 6.02. The Hall–Kier alpha value is -3.16. The minimum absolute atomic E-state index is 0.0267. The fourth-order valence-corrected chi connectivity index (χ4v) is 6.25. The number of aryl methyl sites for hydroxylation is 1. The summed E-state index contributed by atoms with van der Waals surface area (Å²) in [5, 5.41) is 4.32. The molecule has 0 bridgehead atoms. The molecule has 2 aliphatic heterocycles. The van der Waals surface area contributed by atoms with E-state index in [1.54, 1.807) is 7.11 Å². The molecule has 0 saturated carbocycles. The van der Waals surface area contributed by atoms with Gasteiger partial charge >= 0.3 is 0 Å². The van der Waals surface area contributed by atoms with Crippen LogP contribution in [0, 0.1) is 0 Å². The predicted molar refractivity (Wildman–Crippen MR) is 150 cm³/mol. The first-order chi connectivity index (χ1) is 18.6. The highest BCUT2D eigenvalue weighted by Gasteiger charge is 2.44. The maximum atomic E-state index is 14.0. The number of para-hydroxylation sites is 1. The van der Waals surface area contributed by atoms with Gasteiger partial charge in [0.25, 0.3) is 5.91 Å². The average molecular weight is 517 g/mol. The second-order valence-corrected chi connectivity index (χ2v) is 10.6. The fourth-order valence-electron chi connectivity index (χ4n) is 6.25. The number of ether oxygens (including phenoxy) is 1. The Morgan fingerprint density at radius 1 is 0.974 bits per heavy atom. The second kappa shape index (κ2) is 12.1. The van der Waals surface area contributed by atoms with Crippen LogP contribution in [0.3, 0.4) is 0 Å². The molecule has 3 aromatic rings. The number of hydrogen-bond donors (Lipinski definition) is 1. The van der Waals surface area contributed by atoms with Crippen LogP contribution in [0.15, 0.2) is 54.7 Å². The molecule has 2 atom stereocenters. The number of carbonyl (C=O) groups is 2. The number of carbonyl (C=O) groups excluding carboxylic acids is 2. The van der Waals surface area contributed by atoms with E-state index >= 15 is 0 Å². The van der Waals surface area contributed by atoms with Gasteiger partial charge in [-0.25, -0.2) is 0 Å². The molecule has 0 spiro atoms. The van der Waals surface area contributed by atoms with E-state index in [4.69, 9.17) is 4.74 Å². The van der Waals surface area contributed by atoms with Crippen LogP contribution in [0.4, 0.5) is 0 Å². The van der Waals surface area contributed by atoms with Crippen molar-refractivity contribution in [3.05, 3.63) is 71.4 Å². The predicted octanol–water partition coefficient (Wildman–Crippen LogP) is 4.49. The van der Waals surface area contributed by atoms with E-state index in [9.17, 15) is 9.59 Å². The molecule has 202 valence electrons. The molecule has 7 heteroatoms.